The van der Waals surface area contributed by atoms with Crippen molar-refractivity contribution in [2.75, 3.05) is 20.3 Å². The van der Waals surface area contributed by atoms with Gasteiger partial charge in [0.25, 0.3) is 0 Å². The Hall–Kier alpha value is -2.38. The van der Waals surface area contributed by atoms with Crippen molar-refractivity contribution in [3.63, 3.8) is 0 Å². The molecule has 8 heteroatoms. The molecule has 1 aromatic heterocycles. The zero-order valence-corrected chi connectivity index (χ0v) is 15.9. The van der Waals surface area contributed by atoms with E-state index in [9.17, 15) is 14.4 Å². The van der Waals surface area contributed by atoms with Crippen LogP contribution in [-0.2, 0) is 16.0 Å². The third-order valence-corrected chi connectivity index (χ3v) is 4.82. The van der Waals surface area contributed by atoms with Gasteiger partial charge in [-0.15, -0.1) is 11.3 Å². The summed E-state index contributed by atoms with van der Waals surface area (Å²) >= 11 is 7.20. The van der Waals surface area contributed by atoms with Crippen molar-refractivity contribution in [1.82, 2.24) is 5.32 Å². The van der Waals surface area contributed by atoms with E-state index >= 15 is 0 Å². The number of Topliss-reactive ketones (excluding diaryl/α,β-unsaturated/α-hetero) is 1. The zero-order valence-electron chi connectivity index (χ0n) is 14.3. The molecule has 1 N–H and O–H groups in total. The summed E-state index contributed by atoms with van der Waals surface area (Å²) in [6.45, 7) is 1.58. The van der Waals surface area contributed by atoms with Gasteiger partial charge in [0.15, 0.2) is 6.61 Å². The number of esters is 1. The number of ether oxygens (including phenoxy) is 2. The van der Waals surface area contributed by atoms with E-state index in [4.69, 9.17) is 21.1 Å². The van der Waals surface area contributed by atoms with Crippen LogP contribution in [-0.4, -0.2) is 37.9 Å². The van der Waals surface area contributed by atoms with Crippen LogP contribution in [0, 0.1) is 0 Å². The molecule has 0 aliphatic carbocycles. The molecular formula is C18H18ClNO5S. The van der Waals surface area contributed by atoms with Crippen LogP contribution >= 0.6 is 22.9 Å². The molecule has 0 saturated heterocycles. The summed E-state index contributed by atoms with van der Waals surface area (Å²) in [6, 6.07) is 8.09. The van der Waals surface area contributed by atoms with Gasteiger partial charge in [-0.2, -0.15) is 0 Å². The van der Waals surface area contributed by atoms with Gasteiger partial charge in [0.2, 0.25) is 11.7 Å². The number of methoxy groups -OCH3 is 1. The number of benzene rings is 1. The number of hydrogen-bond donors (Lipinski definition) is 1. The van der Waals surface area contributed by atoms with Gasteiger partial charge in [0.05, 0.1) is 12.0 Å². The number of carbonyl (C=O) groups is 3. The Balaban J connectivity index is 1.92. The Bertz CT molecular complexity index is 818. The fraction of sp³-hybridized carbons (Fsp3) is 0.278. The Kier molecular flexibility index (Phi) is 7.17. The maximum atomic E-state index is 12.2. The molecule has 0 aliphatic heterocycles. The molecule has 138 valence electrons. The van der Waals surface area contributed by atoms with Crippen molar-refractivity contribution in [3.8, 4) is 5.75 Å². The molecule has 0 bridgehead atoms. The number of carbonyl (C=O) groups excluding carboxylic acids is 3. The second kappa shape index (κ2) is 9.35. The molecule has 26 heavy (non-hydrogen) atoms. The van der Waals surface area contributed by atoms with Crippen LogP contribution in [0.3, 0.4) is 0 Å². The number of ketones is 1. The van der Waals surface area contributed by atoms with E-state index < -0.39 is 5.97 Å². The van der Waals surface area contributed by atoms with Crippen molar-refractivity contribution in [1.29, 1.82) is 0 Å². The predicted octanol–water partition coefficient (Wildman–Crippen LogP) is 3.13. The number of hydrogen-bond acceptors (Lipinski definition) is 6. The number of rotatable bonds is 8. The van der Waals surface area contributed by atoms with Crippen molar-refractivity contribution in [2.45, 2.75) is 13.3 Å². The number of amides is 1. The molecule has 1 heterocycles. The molecule has 0 aliphatic rings. The highest BCUT2D eigenvalue weighted by molar-refractivity contribution is 7.14. The number of halogens is 1. The van der Waals surface area contributed by atoms with Crippen LogP contribution in [0.1, 0.15) is 31.8 Å². The Morgan fingerprint density at radius 3 is 2.65 bits per heavy atom. The Morgan fingerprint density at radius 2 is 1.96 bits per heavy atom. The smallest absolute Gasteiger partial charge is 0.342 e. The van der Waals surface area contributed by atoms with Crippen molar-refractivity contribution < 1.29 is 23.9 Å². The van der Waals surface area contributed by atoms with Gasteiger partial charge >= 0.3 is 5.97 Å². The minimum atomic E-state index is -0.680. The van der Waals surface area contributed by atoms with Crippen molar-refractivity contribution in [2.24, 2.45) is 0 Å². The first-order valence-corrected chi connectivity index (χ1v) is 8.97. The normalized spacial score (nSPS) is 10.3. The molecule has 2 rings (SSSR count). The second-order valence-electron chi connectivity index (χ2n) is 5.34. The lowest BCUT2D eigenvalue weighted by molar-refractivity contribution is -0.118. The van der Waals surface area contributed by atoms with E-state index in [0.29, 0.717) is 28.6 Å². The van der Waals surface area contributed by atoms with Gasteiger partial charge < -0.3 is 14.8 Å². The van der Waals surface area contributed by atoms with Crippen LogP contribution < -0.4 is 10.1 Å². The van der Waals surface area contributed by atoms with Crippen LogP contribution in [0.4, 0.5) is 0 Å². The minimum absolute atomic E-state index is 0.0961. The SMILES string of the molecule is COc1ccc(Cl)cc1C(=O)OCC(=O)c1ccc(CCNC(C)=O)s1. The molecular weight excluding hydrogens is 378 g/mol. The maximum absolute atomic E-state index is 12.2. The summed E-state index contributed by atoms with van der Waals surface area (Å²) in [5.41, 5.74) is 0.162. The van der Waals surface area contributed by atoms with E-state index in [1.54, 1.807) is 18.2 Å². The molecule has 1 aromatic carbocycles. The molecule has 0 unspecified atom stereocenters. The van der Waals surface area contributed by atoms with Crippen molar-refractivity contribution >= 4 is 40.6 Å². The van der Waals surface area contributed by atoms with Gasteiger partial charge in [-0.3, -0.25) is 9.59 Å². The van der Waals surface area contributed by atoms with Crippen LogP contribution in [0.25, 0.3) is 0 Å². The van der Waals surface area contributed by atoms with Crippen molar-refractivity contribution in [3.05, 3.63) is 50.7 Å². The van der Waals surface area contributed by atoms with Gasteiger partial charge in [0, 0.05) is 23.4 Å². The summed E-state index contributed by atoms with van der Waals surface area (Å²) < 4.78 is 10.2. The average molecular weight is 396 g/mol. The third-order valence-electron chi connectivity index (χ3n) is 3.40. The summed E-state index contributed by atoms with van der Waals surface area (Å²) in [6.07, 6.45) is 0.636. The molecule has 0 saturated carbocycles. The lowest BCUT2D eigenvalue weighted by Gasteiger charge is -2.08. The number of thiophene rings is 1. The maximum Gasteiger partial charge on any atom is 0.342 e. The average Bonchev–Trinajstić information content (AvgIpc) is 3.08. The molecule has 0 atom stereocenters. The van der Waals surface area contributed by atoms with Gasteiger partial charge in [-0.05, 0) is 36.8 Å². The molecule has 6 nitrogen and oxygen atoms in total. The number of nitrogens with one attached hydrogen (secondary N) is 1. The Morgan fingerprint density at radius 1 is 1.19 bits per heavy atom. The van der Waals surface area contributed by atoms with E-state index in [0.717, 1.165) is 4.88 Å². The van der Waals surface area contributed by atoms with E-state index in [2.05, 4.69) is 5.32 Å². The van der Waals surface area contributed by atoms with Crippen LogP contribution in [0.15, 0.2) is 30.3 Å². The van der Waals surface area contributed by atoms with E-state index in [1.165, 1.54) is 31.4 Å². The topological polar surface area (TPSA) is 81.7 Å². The largest absolute Gasteiger partial charge is 0.496 e. The van der Waals surface area contributed by atoms with Gasteiger partial charge in [-0.25, -0.2) is 4.79 Å². The van der Waals surface area contributed by atoms with Crippen LogP contribution in [0.5, 0.6) is 5.75 Å². The fourth-order valence-electron chi connectivity index (χ4n) is 2.14. The standard InChI is InChI=1S/C18H18ClNO5S/c1-11(21)20-8-7-13-4-6-17(26-13)15(22)10-25-18(23)14-9-12(19)3-5-16(14)24-2/h3-6,9H,7-8,10H2,1-2H3,(H,20,21). The molecule has 0 fully saturated rings. The molecule has 2 aromatic rings. The monoisotopic (exact) mass is 395 g/mol. The highest BCUT2D eigenvalue weighted by Crippen LogP contribution is 2.24. The summed E-state index contributed by atoms with van der Waals surface area (Å²) in [5.74, 6) is -0.750. The van der Waals surface area contributed by atoms with E-state index in [1.807, 2.05) is 6.07 Å². The Labute approximate surface area is 160 Å². The first kappa shape index (κ1) is 19.9. The van der Waals surface area contributed by atoms with Gasteiger partial charge in [0.1, 0.15) is 11.3 Å². The molecule has 1 amide bonds. The first-order chi connectivity index (χ1) is 12.4. The molecule has 0 spiro atoms. The lowest BCUT2D eigenvalue weighted by atomic mass is 10.2. The lowest BCUT2D eigenvalue weighted by Crippen LogP contribution is -2.22. The second-order valence-corrected chi connectivity index (χ2v) is 6.95. The third kappa shape index (κ3) is 5.57. The summed E-state index contributed by atoms with van der Waals surface area (Å²) in [4.78, 5) is 36.7. The first-order valence-electron chi connectivity index (χ1n) is 7.77. The van der Waals surface area contributed by atoms with Gasteiger partial charge in [-0.1, -0.05) is 11.6 Å². The fourth-order valence-corrected chi connectivity index (χ4v) is 3.25. The zero-order chi connectivity index (χ0) is 19.1. The molecule has 0 radical (unpaired) electrons. The predicted molar refractivity (Wildman–Crippen MR) is 99.3 cm³/mol. The highest BCUT2D eigenvalue weighted by atomic mass is 35.5. The van der Waals surface area contributed by atoms with E-state index in [-0.39, 0.29) is 23.9 Å². The summed E-state index contributed by atoms with van der Waals surface area (Å²) in [5, 5.41) is 3.06. The summed E-state index contributed by atoms with van der Waals surface area (Å²) in [7, 11) is 1.43. The highest BCUT2D eigenvalue weighted by Gasteiger charge is 2.17. The minimum Gasteiger partial charge on any atom is -0.496 e. The van der Waals surface area contributed by atoms with Crippen LogP contribution in [0.2, 0.25) is 5.02 Å². The quantitative estimate of drug-likeness (QED) is 0.548.